The van der Waals surface area contributed by atoms with E-state index in [0.717, 1.165) is 8.95 Å². The van der Waals surface area contributed by atoms with Gasteiger partial charge in [-0.15, -0.1) is 0 Å². The minimum absolute atomic E-state index is 0.202. The topological polar surface area (TPSA) is 12.0 Å². The molecule has 0 aliphatic heterocycles. The van der Waals surface area contributed by atoms with Gasteiger partial charge in [-0.05, 0) is 55.8 Å². The average Bonchev–Trinajstić information content (AvgIpc) is 2.33. The second-order valence-electron chi connectivity index (χ2n) is 4.78. The molecule has 0 saturated carbocycles. The van der Waals surface area contributed by atoms with E-state index in [0.29, 0.717) is 0 Å². The van der Waals surface area contributed by atoms with E-state index in [1.54, 1.807) is 0 Å². The monoisotopic (exact) mass is 381 g/mol. The molecule has 1 atom stereocenters. The molecular weight excluding hydrogens is 366 g/mol. The van der Waals surface area contributed by atoms with Crippen LogP contribution in [-0.4, -0.2) is 7.05 Å². The summed E-state index contributed by atoms with van der Waals surface area (Å²) in [6.07, 6.45) is 0. The molecule has 0 bridgehead atoms. The Morgan fingerprint density at radius 3 is 2.16 bits per heavy atom. The van der Waals surface area contributed by atoms with Gasteiger partial charge in [0.05, 0.1) is 6.04 Å². The molecular formula is C16H17Br2N. The fourth-order valence-corrected chi connectivity index (χ4v) is 3.64. The van der Waals surface area contributed by atoms with E-state index in [9.17, 15) is 0 Å². The van der Waals surface area contributed by atoms with Crippen LogP contribution < -0.4 is 5.32 Å². The van der Waals surface area contributed by atoms with Gasteiger partial charge in [0, 0.05) is 8.95 Å². The molecule has 0 aromatic heterocycles. The molecule has 0 aliphatic carbocycles. The maximum Gasteiger partial charge on any atom is 0.0577 e. The van der Waals surface area contributed by atoms with Crippen LogP contribution in [0, 0.1) is 13.8 Å². The van der Waals surface area contributed by atoms with Crippen LogP contribution >= 0.6 is 31.9 Å². The van der Waals surface area contributed by atoms with E-state index in [1.807, 2.05) is 7.05 Å². The summed E-state index contributed by atoms with van der Waals surface area (Å²) < 4.78 is 2.17. The zero-order valence-electron chi connectivity index (χ0n) is 11.3. The Bertz CT molecular complexity index is 573. The largest absolute Gasteiger partial charge is 0.309 e. The first-order valence-electron chi connectivity index (χ1n) is 6.21. The smallest absolute Gasteiger partial charge is 0.0577 e. The van der Waals surface area contributed by atoms with Crippen LogP contribution in [-0.2, 0) is 0 Å². The van der Waals surface area contributed by atoms with Gasteiger partial charge in [-0.1, -0.05) is 55.6 Å². The first-order valence-corrected chi connectivity index (χ1v) is 7.80. The van der Waals surface area contributed by atoms with Crippen molar-refractivity contribution >= 4 is 31.9 Å². The Kier molecular flexibility index (Phi) is 4.82. The van der Waals surface area contributed by atoms with Crippen molar-refractivity contribution in [2.24, 2.45) is 0 Å². The van der Waals surface area contributed by atoms with Gasteiger partial charge in [-0.25, -0.2) is 0 Å². The molecule has 2 aromatic carbocycles. The minimum atomic E-state index is 0.202. The maximum atomic E-state index is 3.56. The SMILES string of the molecule is CNC(c1cc(Br)cc(Br)c1)c1cc(C)ccc1C. The molecule has 0 spiro atoms. The van der Waals surface area contributed by atoms with Crippen molar-refractivity contribution < 1.29 is 0 Å². The van der Waals surface area contributed by atoms with Crippen LogP contribution in [0.25, 0.3) is 0 Å². The molecule has 0 fully saturated rings. The van der Waals surface area contributed by atoms with Gasteiger partial charge < -0.3 is 5.32 Å². The number of hydrogen-bond acceptors (Lipinski definition) is 1. The standard InChI is InChI=1S/C16H17Br2N/c1-10-4-5-11(2)15(6-10)16(19-3)12-7-13(17)9-14(18)8-12/h4-9,16,19H,1-3H3. The van der Waals surface area contributed by atoms with Crippen LogP contribution in [0.4, 0.5) is 0 Å². The van der Waals surface area contributed by atoms with Crippen molar-refractivity contribution in [2.75, 3.05) is 7.05 Å². The summed E-state index contributed by atoms with van der Waals surface area (Å²) in [5.74, 6) is 0. The highest BCUT2D eigenvalue weighted by molar-refractivity contribution is 9.11. The van der Waals surface area contributed by atoms with Gasteiger partial charge in [0.25, 0.3) is 0 Å². The summed E-state index contributed by atoms with van der Waals surface area (Å²) in [6, 6.07) is 13.2. The Morgan fingerprint density at radius 1 is 0.947 bits per heavy atom. The quantitative estimate of drug-likeness (QED) is 0.775. The van der Waals surface area contributed by atoms with Gasteiger partial charge in [0.15, 0.2) is 0 Å². The summed E-state index contributed by atoms with van der Waals surface area (Å²) in [5.41, 5.74) is 5.17. The minimum Gasteiger partial charge on any atom is -0.309 e. The lowest BCUT2D eigenvalue weighted by Gasteiger charge is -2.20. The summed E-state index contributed by atoms with van der Waals surface area (Å²) in [6.45, 7) is 4.29. The van der Waals surface area contributed by atoms with Gasteiger partial charge >= 0.3 is 0 Å². The molecule has 3 heteroatoms. The highest BCUT2D eigenvalue weighted by Gasteiger charge is 2.15. The number of nitrogens with one attached hydrogen (secondary N) is 1. The Hall–Kier alpha value is -0.640. The van der Waals surface area contributed by atoms with Crippen LogP contribution in [0.2, 0.25) is 0 Å². The lowest BCUT2D eigenvalue weighted by molar-refractivity contribution is 0.686. The average molecular weight is 383 g/mol. The van der Waals surface area contributed by atoms with Crippen LogP contribution in [0.15, 0.2) is 45.3 Å². The lowest BCUT2D eigenvalue weighted by Crippen LogP contribution is -2.19. The number of benzene rings is 2. The van der Waals surface area contributed by atoms with Crippen molar-refractivity contribution in [3.8, 4) is 0 Å². The second-order valence-corrected chi connectivity index (χ2v) is 6.62. The van der Waals surface area contributed by atoms with E-state index < -0.39 is 0 Å². The fourth-order valence-electron chi connectivity index (χ4n) is 2.31. The molecule has 0 radical (unpaired) electrons. The van der Waals surface area contributed by atoms with Crippen molar-refractivity contribution in [1.82, 2.24) is 5.32 Å². The molecule has 0 amide bonds. The Labute approximate surface area is 131 Å². The predicted molar refractivity (Wildman–Crippen MR) is 88.7 cm³/mol. The first-order chi connectivity index (χ1) is 9.01. The summed E-state index contributed by atoms with van der Waals surface area (Å²) in [4.78, 5) is 0. The molecule has 100 valence electrons. The van der Waals surface area contributed by atoms with Crippen LogP contribution in [0.5, 0.6) is 0 Å². The van der Waals surface area contributed by atoms with Crippen molar-refractivity contribution in [1.29, 1.82) is 0 Å². The highest BCUT2D eigenvalue weighted by atomic mass is 79.9. The van der Waals surface area contributed by atoms with Crippen molar-refractivity contribution in [2.45, 2.75) is 19.9 Å². The Balaban J connectivity index is 2.52. The van der Waals surface area contributed by atoms with E-state index in [4.69, 9.17) is 0 Å². The van der Waals surface area contributed by atoms with Crippen LogP contribution in [0.3, 0.4) is 0 Å². The van der Waals surface area contributed by atoms with E-state index in [1.165, 1.54) is 22.3 Å². The zero-order valence-corrected chi connectivity index (χ0v) is 14.5. The first kappa shape index (κ1) is 14.8. The molecule has 1 unspecified atom stereocenters. The summed E-state index contributed by atoms with van der Waals surface area (Å²) in [7, 11) is 2.00. The van der Waals surface area contributed by atoms with Gasteiger partial charge in [-0.3, -0.25) is 0 Å². The summed E-state index contributed by atoms with van der Waals surface area (Å²) >= 11 is 7.12. The normalized spacial score (nSPS) is 12.5. The molecule has 2 aromatic rings. The van der Waals surface area contributed by atoms with Crippen LogP contribution in [0.1, 0.15) is 28.3 Å². The van der Waals surface area contributed by atoms with Gasteiger partial charge in [-0.2, -0.15) is 0 Å². The number of rotatable bonds is 3. The number of aryl methyl sites for hydroxylation is 2. The molecule has 1 N–H and O–H groups in total. The van der Waals surface area contributed by atoms with Gasteiger partial charge in [0.1, 0.15) is 0 Å². The third kappa shape index (κ3) is 3.47. The molecule has 0 saturated heterocycles. The number of halogens is 2. The van der Waals surface area contributed by atoms with E-state index in [2.05, 4.69) is 87.4 Å². The molecule has 0 heterocycles. The molecule has 19 heavy (non-hydrogen) atoms. The zero-order chi connectivity index (χ0) is 14.0. The third-order valence-electron chi connectivity index (χ3n) is 3.25. The highest BCUT2D eigenvalue weighted by Crippen LogP contribution is 2.30. The maximum absolute atomic E-state index is 3.56. The molecule has 2 rings (SSSR count). The van der Waals surface area contributed by atoms with E-state index >= 15 is 0 Å². The number of hydrogen-bond donors (Lipinski definition) is 1. The van der Waals surface area contributed by atoms with E-state index in [-0.39, 0.29) is 6.04 Å². The molecule has 0 aliphatic rings. The fraction of sp³-hybridized carbons (Fsp3) is 0.250. The second kappa shape index (κ2) is 6.21. The lowest BCUT2D eigenvalue weighted by atomic mass is 9.94. The third-order valence-corrected chi connectivity index (χ3v) is 4.17. The molecule has 1 nitrogen and oxygen atoms in total. The predicted octanol–water partition coefficient (Wildman–Crippen LogP) is 5.14. The summed E-state index contributed by atoms with van der Waals surface area (Å²) in [5, 5.41) is 3.42. The van der Waals surface area contributed by atoms with Crippen molar-refractivity contribution in [3.05, 3.63) is 67.6 Å². The van der Waals surface area contributed by atoms with Crippen molar-refractivity contribution in [3.63, 3.8) is 0 Å². The van der Waals surface area contributed by atoms with Gasteiger partial charge in [0.2, 0.25) is 0 Å². The Morgan fingerprint density at radius 2 is 1.58 bits per heavy atom.